The van der Waals surface area contributed by atoms with E-state index in [4.69, 9.17) is 0 Å². The van der Waals surface area contributed by atoms with Gasteiger partial charge in [0.2, 0.25) is 0 Å². The Morgan fingerprint density at radius 3 is 1.25 bits per heavy atom. The SMILES string of the molecule is c1ccc(-c2cc(-c3ccc(-c4ccc(-c5ccc6ccc7cccc8ccc5c6c78)s4)s3)c(-c3ccccc3)c(-c3ccccc3)c2-c2ccccc2)cc1. The highest BCUT2D eigenvalue weighted by molar-refractivity contribution is 7.25. The van der Waals surface area contributed by atoms with E-state index in [0.717, 1.165) is 0 Å². The zero-order chi connectivity index (χ0) is 37.0. The summed E-state index contributed by atoms with van der Waals surface area (Å²) in [5, 5.41) is 7.94. The molecule has 0 nitrogen and oxygen atoms in total. The number of hydrogen-bond acceptors (Lipinski definition) is 2. The molecule has 0 aliphatic rings. The largest absolute Gasteiger partial charge is 0.134 e. The molecule has 0 bridgehead atoms. The second-order valence-corrected chi connectivity index (χ2v) is 16.5. The minimum atomic E-state index is 1.21. The summed E-state index contributed by atoms with van der Waals surface area (Å²) in [4.78, 5) is 5.12. The van der Waals surface area contributed by atoms with Gasteiger partial charge in [-0.3, -0.25) is 0 Å². The van der Waals surface area contributed by atoms with Crippen molar-refractivity contribution in [2.75, 3.05) is 0 Å². The normalized spacial score (nSPS) is 11.6. The molecule has 0 spiro atoms. The zero-order valence-electron chi connectivity index (χ0n) is 30.4. The van der Waals surface area contributed by atoms with E-state index in [1.54, 1.807) is 0 Å². The second-order valence-electron chi connectivity index (χ2n) is 14.4. The van der Waals surface area contributed by atoms with Crippen molar-refractivity contribution in [1.29, 1.82) is 0 Å². The third kappa shape index (κ3) is 5.49. The minimum absolute atomic E-state index is 1.21. The molecule has 56 heavy (non-hydrogen) atoms. The van der Waals surface area contributed by atoms with Crippen molar-refractivity contribution in [2.24, 2.45) is 0 Å². The molecule has 9 aromatic carbocycles. The molecule has 2 heterocycles. The lowest BCUT2D eigenvalue weighted by Gasteiger charge is -2.24. The third-order valence-corrected chi connectivity index (χ3v) is 13.5. The predicted octanol–water partition coefficient (Wildman–Crippen LogP) is 16.4. The van der Waals surface area contributed by atoms with Crippen LogP contribution in [0.25, 0.3) is 107 Å². The maximum Gasteiger partial charge on any atom is 0.0449 e. The molecule has 0 radical (unpaired) electrons. The molecule has 0 saturated carbocycles. The van der Waals surface area contributed by atoms with Gasteiger partial charge in [-0.2, -0.15) is 0 Å². The molecule has 0 aliphatic heterocycles. The summed E-state index contributed by atoms with van der Waals surface area (Å²) in [5.74, 6) is 0. The Kier molecular flexibility index (Phi) is 7.98. The third-order valence-electron chi connectivity index (χ3n) is 11.1. The zero-order valence-corrected chi connectivity index (χ0v) is 32.1. The second kappa shape index (κ2) is 13.6. The first-order valence-corrected chi connectivity index (χ1v) is 20.7. The average Bonchev–Trinajstić information content (AvgIpc) is 3.97. The van der Waals surface area contributed by atoms with Crippen molar-refractivity contribution >= 4 is 55.0 Å². The van der Waals surface area contributed by atoms with Crippen LogP contribution in [-0.4, -0.2) is 0 Å². The molecule has 2 heteroatoms. The summed E-state index contributed by atoms with van der Waals surface area (Å²) >= 11 is 3.77. The topological polar surface area (TPSA) is 0 Å². The van der Waals surface area contributed by atoms with Crippen molar-refractivity contribution in [3.8, 4) is 75.1 Å². The van der Waals surface area contributed by atoms with Crippen LogP contribution in [0, 0.1) is 0 Å². The first-order valence-electron chi connectivity index (χ1n) is 19.1. The highest BCUT2D eigenvalue weighted by Crippen LogP contribution is 2.52. The molecule has 0 aliphatic carbocycles. The molecule has 2 aromatic heterocycles. The van der Waals surface area contributed by atoms with Gasteiger partial charge < -0.3 is 0 Å². The molecule has 0 N–H and O–H groups in total. The molecule has 0 amide bonds. The summed E-state index contributed by atoms with van der Waals surface area (Å²) < 4.78 is 0. The smallest absolute Gasteiger partial charge is 0.0449 e. The van der Waals surface area contributed by atoms with E-state index in [0.29, 0.717) is 0 Å². The van der Waals surface area contributed by atoms with Gasteiger partial charge in [0.25, 0.3) is 0 Å². The van der Waals surface area contributed by atoms with E-state index in [1.807, 2.05) is 22.7 Å². The monoisotopic (exact) mass is 746 g/mol. The fourth-order valence-corrected chi connectivity index (χ4v) is 10.8. The van der Waals surface area contributed by atoms with Crippen molar-refractivity contribution < 1.29 is 0 Å². The Labute approximate surface area is 334 Å². The Bertz CT molecular complexity index is 3140. The van der Waals surface area contributed by atoms with Crippen LogP contribution < -0.4 is 0 Å². The lowest BCUT2D eigenvalue weighted by Crippen LogP contribution is -1.97. The van der Waals surface area contributed by atoms with E-state index in [-0.39, 0.29) is 0 Å². The maximum absolute atomic E-state index is 2.45. The van der Waals surface area contributed by atoms with Crippen LogP contribution in [0.1, 0.15) is 0 Å². The van der Waals surface area contributed by atoms with Gasteiger partial charge in [-0.05, 0) is 113 Å². The number of thiophene rings is 2. The van der Waals surface area contributed by atoms with Gasteiger partial charge in [-0.25, -0.2) is 0 Å². The van der Waals surface area contributed by atoms with Crippen LogP contribution in [0.15, 0.2) is 206 Å². The lowest BCUT2D eigenvalue weighted by atomic mass is 9.80. The van der Waals surface area contributed by atoms with Gasteiger partial charge in [-0.15, -0.1) is 22.7 Å². The van der Waals surface area contributed by atoms with Gasteiger partial charge in [0.1, 0.15) is 0 Å². The van der Waals surface area contributed by atoms with E-state index in [2.05, 4.69) is 206 Å². The molecule has 0 fully saturated rings. The van der Waals surface area contributed by atoms with Crippen molar-refractivity contribution in [2.45, 2.75) is 0 Å². The van der Waals surface area contributed by atoms with Crippen LogP contribution in [0.2, 0.25) is 0 Å². The van der Waals surface area contributed by atoms with Crippen LogP contribution in [-0.2, 0) is 0 Å². The van der Waals surface area contributed by atoms with Gasteiger partial charge in [0.15, 0.2) is 0 Å². The van der Waals surface area contributed by atoms with Crippen LogP contribution >= 0.6 is 22.7 Å². The standard InChI is InChI=1S/C54H34S2/c1-5-14-35(15-6-1)44-34-45(53(37-18-9-3-10-19-37)54(38-20-11-4-12-21-38)52(44)36-16-7-2-8-17-36)47-31-33-49(56-47)48-32-30-46(55-48)42-28-26-41-25-24-39-22-13-23-40-27-29-43(42)51(41)50(39)40/h1-34H. The van der Waals surface area contributed by atoms with Crippen molar-refractivity contribution in [1.82, 2.24) is 0 Å². The quantitative estimate of drug-likeness (QED) is 0.143. The highest BCUT2D eigenvalue weighted by Gasteiger charge is 2.24. The van der Waals surface area contributed by atoms with E-state index < -0.39 is 0 Å². The Morgan fingerprint density at radius 1 is 0.250 bits per heavy atom. The summed E-state index contributed by atoms with van der Waals surface area (Å²) in [5.41, 5.74) is 12.4. The Balaban J connectivity index is 1.11. The van der Waals surface area contributed by atoms with Gasteiger partial charge in [0, 0.05) is 25.1 Å². The minimum Gasteiger partial charge on any atom is -0.134 e. The number of rotatable bonds is 7. The fraction of sp³-hybridized carbons (Fsp3) is 0. The lowest BCUT2D eigenvalue weighted by molar-refractivity contribution is 1.54. The highest BCUT2D eigenvalue weighted by atomic mass is 32.1. The van der Waals surface area contributed by atoms with Gasteiger partial charge in [0.05, 0.1) is 0 Å². The summed E-state index contributed by atoms with van der Waals surface area (Å²) in [6.45, 7) is 0. The summed E-state index contributed by atoms with van der Waals surface area (Å²) in [6.07, 6.45) is 0. The van der Waals surface area contributed by atoms with E-state index in [1.165, 1.54) is 107 Å². The molecule has 11 rings (SSSR count). The molecule has 262 valence electrons. The molecular weight excluding hydrogens is 713 g/mol. The first kappa shape index (κ1) is 32.8. The molecular formula is C54H34S2. The van der Waals surface area contributed by atoms with E-state index >= 15 is 0 Å². The van der Waals surface area contributed by atoms with Gasteiger partial charge >= 0.3 is 0 Å². The summed E-state index contributed by atoms with van der Waals surface area (Å²) in [6, 6.07) is 75.8. The molecule has 0 saturated heterocycles. The van der Waals surface area contributed by atoms with Gasteiger partial charge in [-0.1, -0.05) is 176 Å². The number of benzene rings is 9. The summed E-state index contributed by atoms with van der Waals surface area (Å²) in [7, 11) is 0. The van der Waals surface area contributed by atoms with Crippen molar-refractivity contribution in [3.05, 3.63) is 206 Å². The fourth-order valence-electron chi connectivity index (χ4n) is 8.61. The Morgan fingerprint density at radius 2 is 0.679 bits per heavy atom. The predicted molar refractivity (Wildman–Crippen MR) is 244 cm³/mol. The molecule has 11 aromatic rings. The first-order chi connectivity index (χ1) is 27.8. The number of hydrogen-bond donors (Lipinski definition) is 0. The molecule has 0 atom stereocenters. The van der Waals surface area contributed by atoms with Crippen molar-refractivity contribution in [3.63, 3.8) is 0 Å². The Hall–Kier alpha value is -6.58. The van der Waals surface area contributed by atoms with Crippen LogP contribution in [0.3, 0.4) is 0 Å². The average molecular weight is 747 g/mol. The maximum atomic E-state index is 2.45. The van der Waals surface area contributed by atoms with Crippen LogP contribution in [0.5, 0.6) is 0 Å². The van der Waals surface area contributed by atoms with E-state index in [9.17, 15) is 0 Å². The molecule has 0 unspecified atom stereocenters. The van der Waals surface area contributed by atoms with Crippen LogP contribution in [0.4, 0.5) is 0 Å².